The summed E-state index contributed by atoms with van der Waals surface area (Å²) in [5, 5.41) is 0. The van der Waals surface area contributed by atoms with E-state index in [9.17, 15) is 18.0 Å². The fourth-order valence-electron chi connectivity index (χ4n) is 3.06. The highest BCUT2D eigenvalue weighted by atomic mass is 19.4. The van der Waals surface area contributed by atoms with Crippen LogP contribution in [0.3, 0.4) is 0 Å². The van der Waals surface area contributed by atoms with Gasteiger partial charge in [0.2, 0.25) is 5.88 Å². The van der Waals surface area contributed by atoms with E-state index in [0.29, 0.717) is 11.7 Å². The highest BCUT2D eigenvalue weighted by molar-refractivity contribution is 5.64. The lowest BCUT2D eigenvalue weighted by Gasteiger charge is -2.31. The Morgan fingerprint density at radius 1 is 1.18 bits per heavy atom. The molecule has 2 aromatic rings. The smallest absolute Gasteiger partial charge is 0.433 e. The summed E-state index contributed by atoms with van der Waals surface area (Å²) in [5.74, 6) is 1.17. The molecule has 0 N–H and O–H groups in total. The molecule has 1 saturated heterocycles. The zero-order valence-electron chi connectivity index (χ0n) is 15.2. The zero-order valence-corrected chi connectivity index (χ0v) is 15.2. The fourth-order valence-corrected chi connectivity index (χ4v) is 3.06. The van der Waals surface area contributed by atoms with Gasteiger partial charge in [-0.15, -0.1) is 0 Å². The number of carbonyl (C=O) groups is 1. The van der Waals surface area contributed by atoms with Gasteiger partial charge in [-0.1, -0.05) is 0 Å². The number of nitrogens with zero attached hydrogens (tertiary/aromatic N) is 4. The number of aldehydes is 1. The molecular formula is C19H19F3N4O2. The maximum atomic E-state index is 12.7. The highest BCUT2D eigenvalue weighted by Crippen LogP contribution is 2.35. The van der Waals surface area contributed by atoms with Crippen LogP contribution in [0.4, 0.5) is 13.2 Å². The number of rotatable bonds is 5. The van der Waals surface area contributed by atoms with E-state index >= 15 is 0 Å². The van der Waals surface area contributed by atoms with Crippen molar-refractivity contribution in [3.8, 4) is 11.6 Å². The summed E-state index contributed by atoms with van der Waals surface area (Å²) in [6.45, 7) is 3.25. The second kappa shape index (κ2) is 8.37. The lowest BCUT2D eigenvalue weighted by atomic mass is 9.91. The lowest BCUT2D eigenvalue weighted by molar-refractivity contribution is -0.141. The summed E-state index contributed by atoms with van der Waals surface area (Å²) in [7, 11) is 0. The first kappa shape index (κ1) is 19.8. The van der Waals surface area contributed by atoms with Crippen molar-refractivity contribution in [1.82, 2.24) is 19.9 Å². The number of ether oxygens (including phenoxy) is 1. The van der Waals surface area contributed by atoms with Crippen LogP contribution in [0, 0.1) is 6.92 Å². The van der Waals surface area contributed by atoms with Crippen molar-refractivity contribution < 1.29 is 22.7 Å². The number of hydrogen-bond donors (Lipinski definition) is 0. The molecule has 0 bridgehead atoms. The molecule has 1 aliphatic rings. The SMILES string of the molecule is Cc1ncc(C2CCN(C=CC=O)CC2)c(Oc2ccc(C(F)(F)F)nc2)n1. The number of pyridine rings is 1. The van der Waals surface area contributed by atoms with E-state index in [1.165, 1.54) is 12.1 Å². The maximum absolute atomic E-state index is 12.7. The van der Waals surface area contributed by atoms with Crippen LogP contribution < -0.4 is 4.74 Å². The summed E-state index contributed by atoms with van der Waals surface area (Å²) >= 11 is 0. The summed E-state index contributed by atoms with van der Waals surface area (Å²) in [6.07, 6.45) is 3.84. The molecule has 0 amide bonds. The van der Waals surface area contributed by atoms with Crippen LogP contribution in [0.5, 0.6) is 11.6 Å². The van der Waals surface area contributed by atoms with Gasteiger partial charge in [0, 0.05) is 31.0 Å². The van der Waals surface area contributed by atoms with Crippen molar-refractivity contribution in [2.75, 3.05) is 13.1 Å². The van der Waals surface area contributed by atoms with Crippen molar-refractivity contribution in [2.45, 2.75) is 31.9 Å². The molecule has 148 valence electrons. The average Bonchev–Trinajstić information content (AvgIpc) is 2.67. The van der Waals surface area contributed by atoms with Crippen LogP contribution in [0.2, 0.25) is 0 Å². The molecular weight excluding hydrogens is 373 g/mol. The normalized spacial score (nSPS) is 15.8. The molecule has 1 aliphatic heterocycles. The first-order valence-electron chi connectivity index (χ1n) is 8.77. The predicted octanol–water partition coefficient (Wildman–Crippen LogP) is 3.88. The van der Waals surface area contributed by atoms with Crippen molar-refractivity contribution in [3.63, 3.8) is 0 Å². The second-order valence-electron chi connectivity index (χ2n) is 6.44. The Balaban J connectivity index is 1.76. The second-order valence-corrected chi connectivity index (χ2v) is 6.44. The van der Waals surface area contributed by atoms with Gasteiger partial charge in [0.25, 0.3) is 0 Å². The number of halogens is 3. The number of alkyl halides is 3. The van der Waals surface area contributed by atoms with Crippen LogP contribution in [-0.4, -0.2) is 39.2 Å². The lowest BCUT2D eigenvalue weighted by Crippen LogP contribution is -2.29. The van der Waals surface area contributed by atoms with Crippen molar-refractivity contribution in [2.24, 2.45) is 0 Å². The largest absolute Gasteiger partial charge is 0.437 e. The van der Waals surface area contributed by atoms with Gasteiger partial charge in [-0.05, 0) is 43.9 Å². The number of carbonyl (C=O) groups excluding carboxylic acids is 1. The van der Waals surface area contributed by atoms with Crippen LogP contribution in [0.25, 0.3) is 0 Å². The number of aromatic nitrogens is 3. The summed E-state index contributed by atoms with van der Waals surface area (Å²) < 4.78 is 43.7. The van der Waals surface area contributed by atoms with E-state index < -0.39 is 11.9 Å². The van der Waals surface area contributed by atoms with E-state index in [1.807, 2.05) is 0 Å². The number of likely N-dealkylation sites (tertiary alicyclic amines) is 1. The van der Waals surface area contributed by atoms with E-state index in [-0.39, 0.29) is 11.7 Å². The minimum atomic E-state index is -4.50. The molecule has 1 fully saturated rings. The molecule has 3 heterocycles. The Morgan fingerprint density at radius 2 is 1.93 bits per heavy atom. The summed E-state index contributed by atoms with van der Waals surface area (Å²) in [6, 6.07) is 2.10. The Bertz CT molecular complexity index is 845. The Hall–Kier alpha value is -2.97. The van der Waals surface area contributed by atoms with E-state index in [2.05, 4.69) is 19.9 Å². The van der Waals surface area contributed by atoms with Crippen LogP contribution in [0.15, 0.2) is 36.8 Å². The van der Waals surface area contributed by atoms with E-state index in [4.69, 9.17) is 4.74 Å². The number of aryl methyl sites for hydroxylation is 1. The fraction of sp³-hybridized carbons (Fsp3) is 0.368. The molecule has 2 aromatic heterocycles. The predicted molar refractivity (Wildman–Crippen MR) is 94.8 cm³/mol. The van der Waals surface area contributed by atoms with Gasteiger partial charge in [0.15, 0.2) is 0 Å². The molecule has 0 saturated carbocycles. The first-order valence-corrected chi connectivity index (χ1v) is 8.77. The van der Waals surface area contributed by atoms with Crippen LogP contribution in [-0.2, 0) is 11.0 Å². The molecule has 0 unspecified atom stereocenters. The van der Waals surface area contributed by atoms with Gasteiger partial charge in [-0.3, -0.25) is 4.79 Å². The summed E-state index contributed by atoms with van der Waals surface area (Å²) in [4.78, 5) is 24.5. The van der Waals surface area contributed by atoms with Gasteiger partial charge in [-0.25, -0.2) is 9.97 Å². The van der Waals surface area contributed by atoms with Crippen molar-refractivity contribution >= 4 is 6.29 Å². The molecule has 0 aliphatic carbocycles. The van der Waals surface area contributed by atoms with Gasteiger partial charge in [0.05, 0.1) is 6.20 Å². The molecule has 3 rings (SSSR count). The van der Waals surface area contributed by atoms with E-state index in [0.717, 1.165) is 50.0 Å². The summed E-state index contributed by atoms with van der Waals surface area (Å²) in [5.41, 5.74) is -0.167. The molecule has 0 radical (unpaired) electrons. The zero-order chi connectivity index (χ0) is 20.1. The van der Waals surface area contributed by atoms with Crippen LogP contribution in [0.1, 0.15) is 35.8 Å². The third-order valence-electron chi connectivity index (χ3n) is 4.49. The Kier molecular flexibility index (Phi) is 5.91. The maximum Gasteiger partial charge on any atom is 0.433 e. The molecule has 9 heteroatoms. The minimum absolute atomic E-state index is 0.152. The number of piperidine rings is 1. The first-order chi connectivity index (χ1) is 13.4. The molecule has 6 nitrogen and oxygen atoms in total. The Morgan fingerprint density at radius 3 is 2.54 bits per heavy atom. The molecule has 0 atom stereocenters. The molecule has 28 heavy (non-hydrogen) atoms. The molecule has 0 spiro atoms. The van der Waals surface area contributed by atoms with Gasteiger partial charge in [-0.2, -0.15) is 18.2 Å². The van der Waals surface area contributed by atoms with Crippen molar-refractivity contribution in [1.29, 1.82) is 0 Å². The third-order valence-corrected chi connectivity index (χ3v) is 4.49. The van der Waals surface area contributed by atoms with Crippen molar-refractivity contribution in [3.05, 3.63) is 53.9 Å². The monoisotopic (exact) mass is 392 g/mol. The van der Waals surface area contributed by atoms with Gasteiger partial charge < -0.3 is 9.64 Å². The standard InChI is InChI=1S/C19H19F3N4O2/c1-13-23-12-16(14-5-8-26(9-6-14)7-2-10-27)18(25-13)28-15-3-4-17(24-11-15)19(20,21)22/h2-4,7,10-12,14H,5-6,8-9H2,1H3. The number of allylic oxidation sites excluding steroid dienone is 1. The van der Waals surface area contributed by atoms with Gasteiger partial charge >= 0.3 is 6.18 Å². The number of hydrogen-bond acceptors (Lipinski definition) is 6. The average molecular weight is 392 g/mol. The highest BCUT2D eigenvalue weighted by Gasteiger charge is 2.32. The minimum Gasteiger partial charge on any atom is -0.437 e. The molecule has 0 aromatic carbocycles. The van der Waals surface area contributed by atoms with Crippen LogP contribution >= 0.6 is 0 Å². The van der Waals surface area contributed by atoms with Gasteiger partial charge in [0.1, 0.15) is 23.6 Å². The topological polar surface area (TPSA) is 68.2 Å². The Labute approximate surface area is 160 Å². The van der Waals surface area contributed by atoms with E-state index in [1.54, 1.807) is 19.3 Å². The third kappa shape index (κ3) is 4.85. The quantitative estimate of drug-likeness (QED) is 0.568.